The number of methoxy groups -OCH3 is 1. The van der Waals surface area contributed by atoms with Crippen LogP contribution in [0.4, 0.5) is 4.39 Å². The first-order valence-electron chi connectivity index (χ1n) is 6.33. The predicted octanol–water partition coefficient (Wildman–Crippen LogP) is 1.33. The number of benzene rings is 1. The van der Waals surface area contributed by atoms with E-state index in [9.17, 15) is 9.18 Å². The van der Waals surface area contributed by atoms with Crippen molar-refractivity contribution in [2.45, 2.75) is 24.8 Å². The van der Waals surface area contributed by atoms with Gasteiger partial charge in [-0.25, -0.2) is 4.39 Å². The Labute approximate surface area is 112 Å². The fourth-order valence-corrected chi connectivity index (χ4v) is 2.06. The van der Waals surface area contributed by atoms with Crippen molar-refractivity contribution < 1.29 is 13.9 Å². The number of halogens is 1. The molecule has 5 heteroatoms. The highest BCUT2D eigenvalue weighted by molar-refractivity contribution is 5.88. The number of nitrogens with two attached hydrogens (primary N) is 1. The second-order valence-electron chi connectivity index (χ2n) is 5.09. The number of ether oxygens (including phenoxy) is 1. The molecule has 104 valence electrons. The molecule has 1 aliphatic rings. The molecular formula is C14H19FN2O2. The van der Waals surface area contributed by atoms with Crippen molar-refractivity contribution in [1.29, 1.82) is 0 Å². The Bertz CT molecular complexity index is 486. The molecule has 4 nitrogen and oxygen atoms in total. The largest absolute Gasteiger partial charge is 0.496 e. The number of likely N-dealkylation sites (N-methyl/N-ethyl adjacent to an activating group) is 1. The van der Waals surface area contributed by atoms with Crippen molar-refractivity contribution >= 4 is 5.91 Å². The first kappa shape index (κ1) is 13.8. The normalized spacial score (nSPS) is 16.0. The smallest absolute Gasteiger partial charge is 0.242 e. The Balaban J connectivity index is 1.98. The maximum Gasteiger partial charge on any atom is 0.242 e. The molecule has 0 aliphatic heterocycles. The molecular weight excluding hydrogens is 247 g/mol. The van der Waals surface area contributed by atoms with Crippen LogP contribution in [0, 0.1) is 5.82 Å². The van der Waals surface area contributed by atoms with Gasteiger partial charge in [-0.1, -0.05) is 0 Å². The second-order valence-corrected chi connectivity index (χ2v) is 5.09. The molecule has 2 N–H and O–H groups in total. The first-order valence-corrected chi connectivity index (χ1v) is 6.33. The van der Waals surface area contributed by atoms with Crippen LogP contribution in [0.3, 0.4) is 0 Å². The molecule has 1 aromatic carbocycles. The molecule has 0 unspecified atom stereocenters. The minimum atomic E-state index is -0.652. The van der Waals surface area contributed by atoms with Crippen LogP contribution in [0.25, 0.3) is 0 Å². The molecule has 0 saturated heterocycles. The van der Waals surface area contributed by atoms with Crippen molar-refractivity contribution in [2.75, 3.05) is 20.7 Å². The van der Waals surface area contributed by atoms with E-state index >= 15 is 0 Å². The van der Waals surface area contributed by atoms with Gasteiger partial charge in [0.2, 0.25) is 5.91 Å². The summed E-state index contributed by atoms with van der Waals surface area (Å²) in [5.74, 6) is 0.293. The highest BCUT2D eigenvalue weighted by Crippen LogP contribution is 2.33. The lowest BCUT2D eigenvalue weighted by Gasteiger charge is -2.21. The number of nitrogens with zero attached hydrogens (tertiary/aromatic N) is 1. The third kappa shape index (κ3) is 3.04. The minimum Gasteiger partial charge on any atom is -0.496 e. The molecule has 1 fully saturated rings. The average molecular weight is 266 g/mol. The van der Waals surface area contributed by atoms with Crippen molar-refractivity contribution in [3.8, 4) is 5.75 Å². The van der Waals surface area contributed by atoms with Gasteiger partial charge in [0.1, 0.15) is 11.6 Å². The summed E-state index contributed by atoms with van der Waals surface area (Å²) in [5, 5.41) is 0. The van der Waals surface area contributed by atoms with E-state index in [0.717, 1.165) is 18.4 Å². The van der Waals surface area contributed by atoms with Crippen LogP contribution in [0.5, 0.6) is 5.75 Å². The van der Waals surface area contributed by atoms with Crippen molar-refractivity contribution in [2.24, 2.45) is 5.73 Å². The zero-order valence-corrected chi connectivity index (χ0v) is 11.3. The third-order valence-corrected chi connectivity index (χ3v) is 3.52. The molecule has 1 aliphatic carbocycles. The van der Waals surface area contributed by atoms with Crippen LogP contribution in [-0.4, -0.2) is 37.0 Å². The summed E-state index contributed by atoms with van der Waals surface area (Å²) in [6, 6.07) is 4.39. The number of carbonyl (C=O) groups excluding carboxylic acids is 1. The lowest BCUT2D eigenvalue weighted by Crippen LogP contribution is -2.44. The number of amides is 1. The Morgan fingerprint density at radius 1 is 1.53 bits per heavy atom. The maximum atomic E-state index is 13.2. The molecule has 0 radical (unpaired) electrons. The van der Waals surface area contributed by atoms with Crippen LogP contribution in [-0.2, 0) is 11.2 Å². The summed E-state index contributed by atoms with van der Waals surface area (Å²) in [6.45, 7) is 0.498. The van der Waals surface area contributed by atoms with Gasteiger partial charge in [-0.3, -0.25) is 4.79 Å². The highest BCUT2D eigenvalue weighted by atomic mass is 19.1. The summed E-state index contributed by atoms with van der Waals surface area (Å²) in [7, 11) is 3.27. The molecule has 1 amide bonds. The molecule has 0 heterocycles. The number of hydrogen-bond donors (Lipinski definition) is 1. The van der Waals surface area contributed by atoms with E-state index in [0.29, 0.717) is 18.7 Å². The van der Waals surface area contributed by atoms with Gasteiger partial charge in [0, 0.05) is 13.6 Å². The van der Waals surface area contributed by atoms with Crippen LogP contribution >= 0.6 is 0 Å². The third-order valence-electron chi connectivity index (χ3n) is 3.52. The fraction of sp³-hybridized carbons (Fsp3) is 0.500. The van der Waals surface area contributed by atoms with Gasteiger partial charge in [0.25, 0.3) is 0 Å². The SMILES string of the molecule is COc1ccc(F)cc1CCN(C)C(=O)C1(N)CC1. The number of carbonyl (C=O) groups is 1. The van der Waals surface area contributed by atoms with E-state index in [1.54, 1.807) is 25.1 Å². The molecule has 0 atom stereocenters. The van der Waals surface area contributed by atoms with Gasteiger partial charge in [-0.05, 0) is 43.0 Å². The number of hydrogen-bond acceptors (Lipinski definition) is 3. The Morgan fingerprint density at radius 2 is 2.21 bits per heavy atom. The zero-order valence-electron chi connectivity index (χ0n) is 11.3. The van der Waals surface area contributed by atoms with Crippen LogP contribution in [0.15, 0.2) is 18.2 Å². The quantitative estimate of drug-likeness (QED) is 0.874. The highest BCUT2D eigenvalue weighted by Gasteiger charge is 2.47. The lowest BCUT2D eigenvalue weighted by molar-refractivity contribution is -0.132. The summed E-state index contributed by atoms with van der Waals surface area (Å²) in [4.78, 5) is 13.6. The molecule has 1 aromatic rings. The average Bonchev–Trinajstić information content (AvgIpc) is 3.14. The standard InChI is InChI=1S/C14H19FN2O2/c1-17(13(18)14(16)6-7-14)8-5-10-9-11(15)3-4-12(10)19-2/h3-4,9H,5-8,16H2,1-2H3. The Morgan fingerprint density at radius 3 is 2.79 bits per heavy atom. The molecule has 0 spiro atoms. The second kappa shape index (κ2) is 5.17. The number of rotatable bonds is 5. The minimum absolute atomic E-state index is 0.0390. The molecule has 0 aromatic heterocycles. The lowest BCUT2D eigenvalue weighted by atomic mass is 10.1. The molecule has 2 rings (SSSR count). The zero-order chi connectivity index (χ0) is 14.0. The molecule has 0 bridgehead atoms. The summed E-state index contributed by atoms with van der Waals surface area (Å²) < 4.78 is 18.4. The van der Waals surface area contributed by atoms with E-state index in [-0.39, 0.29) is 11.7 Å². The summed E-state index contributed by atoms with van der Waals surface area (Å²) >= 11 is 0. The Kier molecular flexibility index (Phi) is 3.75. The summed E-state index contributed by atoms with van der Waals surface area (Å²) in [5.41, 5.74) is 5.97. The monoisotopic (exact) mass is 266 g/mol. The van der Waals surface area contributed by atoms with Gasteiger partial charge >= 0.3 is 0 Å². The van der Waals surface area contributed by atoms with Gasteiger partial charge in [-0.2, -0.15) is 0 Å². The van der Waals surface area contributed by atoms with Gasteiger partial charge in [0.15, 0.2) is 0 Å². The summed E-state index contributed by atoms with van der Waals surface area (Å²) in [6.07, 6.45) is 2.04. The van der Waals surface area contributed by atoms with Gasteiger partial charge in [-0.15, -0.1) is 0 Å². The van der Waals surface area contributed by atoms with E-state index < -0.39 is 5.54 Å². The van der Waals surface area contributed by atoms with E-state index in [1.807, 2.05) is 0 Å². The first-order chi connectivity index (χ1) is 8.96. The van der Waals surface area contributed by atoms with Gasteiger partial charge in [0.05, 0.1) is 12.6 Å². The van der Waals surface area contributed by atoms with E-state index in [1.165, 1.54) is 12.1 Å². The van der Waals surface area contributed by atoms with E-state index in [2.05, 4.69) is 0 Å². The van der Waals surface area contributed by atoms with Crippen molar-refractivity contribution in [3.63, 3.8) is 0 Å². The fourth-order valence-electron chi connectivity index (χ4n) is 2.06. The van der Waals surface area contributed by atoms with Crippen molar-refractivity contribution in [1.82, 2.24) is 4.90 Å². The topological polar surface area (TPSA) is 55.6 Å². The van der Waals surface area contributed by atoms with Gasteiger partial charge < -0.3 is 15.4 Å². The van der Waals surface area contributed by atoms with Crippen LogP contribution < -0.4 is 10.5 Å². The molecule has 19 heavy (non-hydrogen) atoms. The van der Waals surface area contributed by atoms with Crippen molar-refractivity contribution in [3.05, 3.63) is 29.6 Å². The van der Waals surface area contributed by atoms with Crippen LogP contribution in [0.2, 0.25) is 0 Å². The molecule has 1 saturated carbocycles. The van der Waals surface area contributed by atoms with Crippen LogP contribution in [0.1, 0.15) is 18.4 Å². The Hall–Kier alpha value is -1.62. The van der Waals surface area contributed by atoms with E-state index in [4.69, 9.17) is 10.5 Å². The predicted molar refractivity (Wildman–Crippen MR) is 70.4 cm³/mol. The maximum absolute atomic E-state index is 13.2.